The summed E-state index contributed by atoms with van der Waals surface area (Å²) >= 11 is 0. The molecule has 0 aromatic carbocycles. The number of hydrogen-bond acceptors (Lipinski definition) is 10. The summed E-state index contributed by atoms with van der Waals surface area (Å²) in [5, 5.41) is 54.2. The van der Waals surface area contributed by atoms with Gasteiger partial charge in [-0.2, -0.15) is 0 Å². The van der Waals surface area contributed by atoms with E-state index in [0.29, 0.717) is 19.4 Å². The van der Waals surface area contributed by atoms with Crippen LogP contribution in [-0.4, -0.2) is 100 Å². The number of unbranched alkanes of at least 4 members (excludes halogenated alkanes) is 36. The summed E-state index contributed by atoms with van der Waals surface area (Å²) in [6, 6.07) is -0.830. The monoisotopic (exact) mass is 1130 g/mol. The first-order valence-corrected chi connectivity index (χ1v) is 33.6. The van der Waals surface area contributed by atoms with E-state index in [1.165, 1.54) is 199 Å². The second kappa shape index (κ2) is 58.1. The van der Waals surface area contributed by atoms with E-state index in [-0.39, 0.29) is 18.5 Å². The molecule has 80 heavy (non-hydrogen) atoms. The standard InChI is InChI=1S/C69H125NO10/c1-3-5-7-9-11-13-14-15-16-31-34-37-41-45-49-53-57-65(74)78-58-54-50-46-42-38-35-32-29-27-25-23-21-19-17-18-20-22-24-26-28-30-33-36-40-44-48-52-56-64(73)70-61(62(72)55-51-47-43-39-12-10-8-6-4-2)60-79-69-68(77)67(76)66(75)63(59-71)80-69/h12,16-18,21,23,31,39,51,55,61-63,66-69,71-72,75-77H,3-11,13-15,19-20,22,24-30,32-38,40-50,52-54,56-60H2,1-2H3,(H,70,73)/b18-17-,23-21-,31-16-,39-12+,55-51+. The molecule has 1 heterocycles. The van der Waals surface area contributed by atoms with Crippen molar-refractivity contribution in [2.45, 2.75) is 346 Å². The number of nitrogens with one attached hydrogen (secondary N) is 1. The molecule has 0 aromatic rings. The minimum Gasteiger partial charge on any atom is -0.466 e. The van der Waals surface area contributed by atoms with Crippen molar-refractivity contribution in [1.29, 1.82) is 0 Å². The molecular formula is C69H125NO10. The van der Waals surface area contributed by atoms with Gasteiger partial charge in [-0.3, -0.25) is 9.59 Å². The van der Waals surface area contributed by atoms with Gasteiger partial charge in [0.15, 0.2) is 6.29 Å². The van der Waals surface area contributed by atoms with Gasteiger partial charge in [0.25, 0.3) is 0 Å². The molecule has 7 unspecified atom stereocenters. The van der Waals surface area contributed by atoms with Gasteiger partial charge < -0.3 is 45.1 Å². The average Bonchev–Trinajstić information content (AvgIpc) is 3.46. The predicted molar refractivity (Wildman–Crippen MR) is 333 cm³/mol. The topological polar surface area (TPSA) is 175 Å². The molecule has 466 valence electrons. The highest BCUT2D eigenvalue weighted by Gasteiger charge is 2.44. The highest BCUT2D eigenvalue weighted by molar-refractivity contribution is 5.76. The molecule has 1 rings (SSSR count). The lowest BCUT2D eigenvalue weighted by atomic mass is 9.99. The van der Waals surface area contributed by atoms with Crippen LogP contribution < -0.4 is 5.32 Å². The summed E-state index contributed by atoms with van der Waals surface area (Å²) in [6.45, 7) is 4.27. The first-order chi connectivity index (χ1) is 39.2. The zero-order valence-electron chi connectivity index (χ0n) is 51.5. The molecule has 1 saturated heterocycles. The zero-order valence-corrected chi connectivity index (χ0v) is 51.5. The number of ether oxygens (including phenoxy) is 3. The number of allylic oxidation sites excluding steroid dienone is 9. The molecule has 0 spiro atoms. The van der Waals surface area contributed by atoms with Crippen LogP contribution in [0.2, 0.25) is 0 Å². The van der Waals surface area contributed by atoms with Crippen molar-refractivity contribution in [2.75, 3.05) is 19.8 Å². The van der Waals surface area contributed by atoms with Crippen molar-refractivity contribution in [3.63, 3.8) is 0 Å². The number of carbonyl (C=O) groups is 2. The van der Waals surface area contributed by atoms with E-state index in [2.05, 4.69) is 67.8 Å². The molecule has 0 aliphatic carbocycles. The molecule has 0 saturated carbocycles. The van der Waals surface area contributed by atoms with Crippen LogP contribution in [0, 0.1) is 0 Å². The quantitative estimate of drug-likeness (QED) is 0.0195. The lowest BCUT2D eigenvalue weighted by Gasteiger charge is -2.40. The van der Waals surface area contributed by atoms with Crippen molar-refractivity contribution >= 4 is 11.9 Å². The minimum absolute atomic E-state index is 0.00710. The van der Waals surface area contributed by atoms with E-state index < -0.39 is 49.5 Å². The summed E-state index contributed by atoms with van der Waals surface area (Å²) in [5.74, 6) is -0.205. The maximum Gasteiger partial charge on any atom is 0.305 e. The van der Waals surface area contributed by atoms with Crippen LogP contribution in [0.5, 0.6) is 0 Å². The van der Waals surface area contributed by atoms with Gasteiger partial charge in [-0.15, -0.1) is 0 Å². The fourth-order valence-corrected chi connectivity index (χ4v) is 10.2. The Bertz CT molecular complexity index is 1510. The Kier molecular flexibility index (Phi) is 54.8. The Morgan fingerprint density at radius 3 is 1.34 bits per heavy atom. The van der Waals surface area contributed by atoms with Gasteiger partial charge in [0.1, 0.15) is 24.4 Å². The molecule has 0 aromatic heterocycles. The third-order valence-corrected chi connectivity index (χ3v) is 15.6. The maximum atomic E-state index is 13.0. The van der Waals surface area contributed by atoms with Gasteiger partial charge in [-0.05, 0) is 103 Å². The largest absolute Gasteiger partial charge is 0.466 e. The van der Waals surface area contributed by atoms with Gasteiger partial charge >= 0.3 is 5.97 Å². The first-order valence-electron chi connectivity index (χ1n) is 33.6. The zero-order chi connectivity index (χ0) is 58.0. The molecular weight excluding hydrogens is 1000 g/mol. The molecule has 11 nitrogen and oxygen atoms in total. The molecule has 11 heteroatoms. The number of amides is 1. The Hall–Kier alpha value is -2.64. The lowest BCUT2D eigenvalue weighted by molar-refractivity contribution is -0.302. The van der Waals surface area contributed by atoms with Gasteiger partial charge in [0, 0.05) is 12.8 Å². The van der Waals surface area contributed by atoms with E-state index in [0.717, 1.165) is 77.0 Å². The summed E-state index contributed by atoms with van der Waals surface area (Å²) in [5.41, 5.74) is 0. The van der Waals surface area contributed by atoms with Crippen molar-refractivity contribution in [1.82, 2.24) is 5.32 Å². The number of rotatable bonds is 58. The van der Waals surface area contributed by atoms with E-state index >= 15 is 0 Å². The number of hydrogen-bond donors (Lipinski definition) is 6. The lowest BCUT2D eigenvalue weighted by Crippen LogP contribution is -2.60. The Labute approximate surface area is 490 Å². The average molecular weight is 1130 g/mol. The fourth-order valence-electron chi connectivity index (χ4n) is 10.2. The Balaban J connectivity index is 1.96. The van der Waals surface area contributed by atoms with Gasteiger partial charge in [0.05, 0.1) is 32.0 Å². The van der Waals surface area contributed by atoms with Gasteiger partial charge in [-0.25, -0.2) is 0 Å². The Morgan fingerprint density at radius 2 is 0.850 bits per heavy atom. The van der Waals surface area contributed by atoms with E-state index in [9.17, 15) is 35.1 Å². The predicted octanol–water partition coefficient (Wildman–Crippen LogP) is 16.6. The summed E-state index contributed by atoms with van der Waals surface area (Å²) in [6.07, 6.45) is 66.5. The van der Waals surface area contributed by atoms with Crippen LogP contribution in [0.15, 0.2) is 60.8 Å². The van der Waals surface area contributed by atoms with Gasteiger partial charge in [-0.1, -0.05) is 248 Å². The second-order valence-electron chi connectivity index (χ2n) is 23.2. The molecule has 6 N–H and O–H groups in total. The highest BCUT2D eigenvalue weighted by atomic mass is 16.7. The van der Waals surface area contributed by atoms with Crippen molar-refractivity contribution in [2.24, 2.45) is 0 Å². The highest BCUT2D eigenvalue weighted by Crippen LogP contribution is 2.23. The van der Waals surface area contributed by atoms with Gasteiger partial charge in [0.2, 0.25) is 5.91 Å². The van der Waals surface area contributed by atoms with Crippen LogP contribution in [0.1, 0.15) is 303 Å². The minimum atomic E-state index is -1.58. The smallest absolute Gasteiger partial charge is 0.305 e. The summed E-state index contributed by atoms with van der Waals surface area (Å²) < 4.78 is 16.7. The SMILES string of the molecule is CCCCC/C=C/CC/C=C/C(O)C(COC1OC(CO)C(O)C(O)C1O)NC(=O)CCCCCCCCCCCCC/C=C\C/C=C\CCCCCCCCCCCOC(=O)CCCCCCC/C=C\CCCCCCCCC. The fraction of sp³-hybridized carbons (Fsp3) is 0.826. The van der Waals surface area contributed by atoms with E-state index in [1.807, 2.05) is 6.08 Å². The van der Waals surface area contributed by atoms with Crippen LogP contribution in [0.3, 0.4) is 0 Å². The van der Waals surface area contributed by atoms with Crippen LogP contribution in [0.4, 0.5) is 0 Å². The third-order valence-electron chi connectivity index (χ3n) is 15.6. The summed E-state index contributed by atoms with van der Waals surface area (Å²) in [7, 11) is 0. The van der Waals surface area contributed by atoms with Crippen LogP contribution in [-0.2, 0) is 23.8 Å². The van der Waals surface area contributed by atoms with Crippen LogP contribution >= 0.6 is 0 Å². The van der Waals surface area contributed by atoms with Crippen molar-refractivity contribution in [3.8, 4) is 0 Å². The number of carbonyl (C=O) groups excluding carboxylic acids is 2. The second-order valence-corrected chi connectivity index (χ2v) is 23.2. The maximum absolute atomic E-state index is 13.0. The molecule has 0 radical (unpaired) electrons. The molecule has 1 aliphatic rings. The normalized spacial score (nSPS) is 18.7. The van der Waals surface area contributed by atoms with Crippen molar-refractivity contribution in [3.05, 3.63) is 60.8 Å². The molecule has 1 aliphatic heterocycles. The van der Waals surface area contributed by atoms with Crippen LogP contribution in [0.25, 0.3) is 0 Å². The van der Waals surface area contributed by atoms with E-state index in [4.69, 9.17) is 14.2 Å². The number of aliphatic hydroxyl groups excluding tert-OH is 5. The molecule has 0 bridgehead atoms. The number of aliphatic hydroxyl groups is 5. The third kappa shape index (κ3) is 46.8. The molecule has 1 amide bonds. The van der Waals surface area contributed by atoms with E-state index in [1.54, 1.807) is 6.08 Å². The summed E-state index contributed by atoms with van der Waals surface area (Å²) in [4.78, 5) is 25.1. The number of esters is 1. The Morgan fingerprint density at radius 1 is 0.463 bits per heavy atom. The molecule has 1 fully saturated rings. The van der Waals surface area contributed by atoms with Crippen molar-refractivity contribution < 1.29 is 49.3 Å². The molecule has 7 atom stereocenters. The first kappa shape index (κ1) is 75.4.